The van der Waals surface area contributed by atoms with Crippen LogP contribution in [0.15, 0.2) is 67.3 Å². The number of carbonyl (C=O) groups is 1. The number of anilines is 1. The highest BCUT2D eigenvalue weighted by molar-refractivity contribution is 7.54. The SMILES string of the molecule is CCOC(=O)c1ccccc1COP(=O)(COC(C)Cn1cnc2c(N)ncnc21)Oc1ccccc1. The fraction of sp³-hybridized carbons (Fsp3) is 0.280. The van der Waals surface area contributed by atoms with Crippen LogP contribution >= 0.6 is 7.60 Å². The Morgan fingerprint density at radius 2 is 1.84 bits per heavy atom. The average Bonchev–Trinajstić information content (AvgIpc) is 3.31. The number of hydrogen-bond acceptors (Lipinski definition) is 10. The van der Waals surface area contributed by atoms with Crippen LogP contribution in [0.2, 0.25) is 0 Å². The van der Waals surface area contributed by atoms with Gasteiger partial charge in [-0.2, -0.15) is 0 Å². The van der Waals surface area contributed by atoms with Crippen molar-refractivity contribution in [2.75, 3.05) is 18.7 Å². The highest BCUT2D eigenvalue weighted by atomic mass is 31.2. The quantitative estimate of drug-likeness (QED) is 0.208. The molecule has 37 heavy (non-hydrogen) atoms. The Labute approximate surface area is 214 Å². The van der Waals surface area contributed by atoms with Crippen LogP contribution < -0.4 is 10.3 Å². The van der Waals surface area contributed by atoms with Crippen LogP contribution in [-0.2, 0) is 31.7 Å². The molecular weight excluding hydrogens is 497 g/mol. The summed E-state index contributed by atoms with van der Waals surface area (Å²) in [6, 6.07) is 15.5. The molecule has 2 unspecified atom stereocenters. The molecule has 4 aromatic rings. The van der Waals surface area contributed by atoms with Crippen LogP contribution in [0.4, 0.5) is 5.82 Å². The second kappa shape index (κ2) is 12.0. The van der Waals surface area contributed by atoms with Crippen molar-refractivity contribution in [2.24, 2.45) is 0 Å². The van der Waals surface area contributed by atoms with Crippen LogP contribution in [0.5, 0.6) is 5.75 Å². The number of hydrogen-bond donors (Lipinski definition) is 1. The van der Waals surface area contributed by atoms with Crippen LogP contribution in [0.25, 0.3) is 11.2 Å². The van der Waals surface area contributed by atoms with Crippen LogP contribution in [0.3, 0.4) is 0 Å². The van der Waals surface area contributed by atoms with Gasteiger partial charge in [-0.25, -0.2) is 24.3 Å². The van der Waals surface area contributed by atoms with E-state index in [4.69, 9.17) is 24.3 Å². The number of nitrogens with zero attached hydrogens (tertiary/aromatic N) is 4. The lowest BCUT2D eigenvalue weighted by molar-refractivity contribution is 0.0522. The molecule has 2 aromatic heterocycles. The van der Waals surface area contributed by atoms with Crippen molar-refractivity contribution in [3.8, 4) is 5.75 Å². The molecule has 2 aromatic carbocycles. The molecule has 2 atom stereocenters. The Morgan fingerprint density at radius 1 is 1.08 bits per heavy atom. The van der Waals surface area contributed by atoms with Crippen molar-refractivity contribution in [2.45, 2.75) is 33.1 Å². The topological polar surface area (TPSA) is 141 Å². The summed E-state index contributed by atoms with van der Waals surface area (Å²) in [6.45, 7) is 4.01. The van der Waals surface area contributed by atoms with E-state index in [0.29, 0.717) is 34.6 Å². The number of fused-ring (bicyclic) bond motifs is 1. The minimum absolute atomic E-state index is 0.140. The normalized spacial score (nSPS) is 13.7. The molecule has 11 nitrogen and oxygen atoms in total. The Bertz CT molecular complexity index is 1400. The first-order valence-corrected chi connectivity index (χ1v) is 13.4. The predicted octanol–water partition coefficient (Wildman–Crippen LogP) is 4.44. The maximum Gasteiger partial charge on any atom is 0.405 e. The Hall–Kier alpha value is -3.79. The summed E-state index contributed by atoms with van der Waals surface area (Å²) in [6.07, 6.45) is 2.23. The van der Waals surface area contributed by atoms with Gasteiger partial charge in [-0.3, -0.25) is 4.52 Å². The summed E-state index contributed by atoms with van der Waals surface area (Å²) in [5, 5.41) is 0. The van der Waals surface area contributed by atoms with Gasteiger partial charge in [-0.15, -0.1) is 0 Å². The van der Waals surface area contributed by atoms with E-state index in [1.807, 2.05) is 13.0 Å². The first-order valence-electron chi connectivity index (χ1n) is 11.6. The second-order valence-corrected chi connectivity index (χ2v) is 10.0. The van der Waals surface area contributed by atoms with Gasteiger partial charge in [-0.1, -0.05) is 36.4 Å². The number of aromatic nitrogens is 4. The third kappa shape index (κ3) is 6.71. The van der Waals surface area contributed by atoms with Gasteiger partial charge in [0.1, 0.15) is 17.6 Å². The smallest absolute Gasteiger partial charge is 0.405 e. The molecule has 2 N–H and O–H groups in total. The highest BCUT2D eigenvalue weighted by Gasteiger charge is 2.29. The molecule has 2 heterocycles. The van der Waals surface area contributed by atoms with Crippen LogP contribution in [0, 0.1) is 0 Å². The Balaban J connectivity index is 1.47. The van der Waals surface area contributed by atoms with Crippen LogP contribution in [-0.4, -0.2) is 44.5 Å². The van der Waals surface area contributed by atoms with E-state index in [-0.39, 0.29) is 25.4 Å². The molecule has 0 aliphatic carbocycles. The summed E-state index contributed by atoms with van der Waals surface area (Å²) < 4.78 is 38.2. The highest BCUT2D eigenvalue weighted by Crippen LogP contribution is 2.49. The third-order valence-corrected chi connectivity index (χ3v) is 6.79. The van der Waals surface area contributed by atoms with Gasteiger partial charge < -0.3 is 24.3 Å². The number of imidazole rings is 1. The number of carbonyl (C=O) groups excluding carboxylic acids is 1. The first kappa shape index (κ1) is 26.3. The van der Waals surface area contributed by atoms with Gasteiger partial charge in [0.25, 0.3) is 0 Å². The number of nitrogens with two attached hydrogens (primary N) is 1. The summed E-state index contributed by atoms with van der Waals surface area (Å²) >= 11 is 0. The fourth-order valence-corrected chi connectivity index (χ4v) is 4.93. The minimum atomic E-state index is -3.82. The predicted molar refractivity (Wildman–Crippen MR) is 137 cm³/mol. The molecule has 0 spiro atoms. The number of nitrogen functional groups attached to an aromatic ring is 1. The van der Waals surface area contributed by atoms with Crippen molar-refractivity contribution in [1.82, 2.24) is 19.5 Å². The van der Waals surface area contributed by atoms with E-state index in [1.54, 1.807) is 66.3 Å². The number of rotatable bonds is 12. The van der Waals surface area contributed by atoms with Crippen molar-refractivity contribution in [3.05, 3.63) is 78.4 Å². The molecule has 0 amide bonds. The molecule has 4 rings (SSSR count). The Morgan fingerprint density at radius 3 is 2.62 bits per heavy atom. The van der Waals surface area contributed by atoms with E-state index >= 15 is 0 Å². The van der Waals surface area contributed by atoms with E-state index in [9.17, 15) is 9.36 Å². The van der Waals surface area contributed by atoms with Gasteiger partial charge in [0.2, 0.25) is 0 Å². The van der Waals surface area contributed by atoms with Gasteiger partial charge in [-0.05, 0) is 37.6 Å². The van der Waals surface area contributed by atoms with Gasteiger partial charge in [0.15, 0.2) is 17.8 Å². The van der Waals surface area contributed by atoms with Crippen molar-refractivity contribution in [3.63, 3.8) is 0 Å². The lowest BCUT2D eigenvalue weighted by Gasteiger charge is -2.22. The first-order chi connectivity index (χ1) is 17.9. The number of ether oxygens (including phenoxy) is 2. The molecule has 0 aliphatic rings. The Kier molecular flexibility index (Phi) is 8.50. The zero-order valence-electron chi connectivity index (χ0n) is 20.5. The molecular formula is C25H28N5O6P. The standard InChI is InChI=1S/C25H28N5O6P/c1-3-33-25(31)21-12-8-7-9-19(21)14-35-37(32,36-20-10-5-4-6-11-20)17-34-18(2)13-30-16-29-22-23(26)27-15-28-24(22)30/h4-12,15-16,18H,3,13-14,17H2,1-2H3,(H2,26,27,28). The molecule has 194 valence electrons. The van der Waals surface area contributed by atoms with Gasteiger partial charge in [0.05, 0.1) is 37.8 Å². The lowest BCUT2D eigenvalue weighted by atomic mass is 10.1. The maximum atomic E-state index is 13.8. The molecule has 0 radical (unpaired) electrons. The van der Waals surface area contributed by atoms with E-state index < -0.39 is 19.7 Å². The number of benzene rings is 2. The van der Waals surface area contributed by atoms with E-state index in [0.717, 1.165) is 0 Å². The number of para-hydroxylation sites is 1. The van der Waals surface area contributed by atoms with Crippen LogP contribution in [0.1, 0.15) is 29.8 Å². The third-order valence-electron chi connectivity index (χ3n) is 5.32. The average molecular weight is 526 g/mol. The summed E-state index contributed by atoms with van der Waals surface area (Å²) in [7, 11) is -3.82. The molecule has 0 saturated heterocycles. The monoisotopic (exact) mass is 525 g/mol. The molecule has 0 aliphatic heterocycles. The summed E-state index contributed by atoms with van der Waals surface area (Å²) in [4.78, 5) is 24.8. The van der Waals surface area contributed by atoms with Gasteiger partial charge >= 0.3 is 13.6 Å². The molecule has 0 saturated carbocycles. The van der Waals surface area contributed by atoms with E-state index in [1.165, 1.54) is 6.33 Å². The zero-order valence-corrected chi connectivity index (χ0v) is 21.4. The fourth-order valence-electron chi connectivity index (χ4n) is 3.53. The van der Waals surface area contributed by atoms with Gasteiger partial charge in [0, 0.05) is 0 Å². The van der Waals surface area contributed by atoms with Crippen molar-refractivity contribution < 1.29 is 27.9 Å². The lowest BCUT2D eigenvalue weighted by Crippen LogP contribution is -2.19. The maximum absolute atomic E-state index is 13.8. The minimum Gasteiger partial charge on any atom is -0.462 e. The molecule has 0 fully saturated rings. The summed E-state index contributed by atoms with van der Waals surface area (Å²) in [5.41, 5.74) is 7.78. The number of esters is 1. The largest absolute Gasteiger partial charge is 0.462 e. The van der Waals surface area contributed by atoms with E-state index in [2.05, 4.69) is 15.0 Å². The van der Waals surface area contributed by atoms with Crippen molar-refractivity contribution >= 4 is 30.5 Å². The van der Waals surface area contributed by atoms with Crippen molar-refractivity contribution in [1.29, 1.82) is 0 Å². The second-order valence-electron chi connectivity index (χ2n) is 8.10. The molecule has 12 heteroatoms. The zero-order chi connectivity index (χ0) is 26.3. The molecule has 0 bridgehead atoms. The summed E-state index contributed by atoms with van der Waals surface area (Å²) in [5.74, 6) is 0.172.